The molecular weight excluding hydrogens is 328 g/mol. The van der Waals surface area contributed by atoms with E-state index in [0.717, 1.165) is 9.99 Å². The summed E-state index contributed by atoms with van der Waals surface area (Å²) in [5, 5.41) is 2.88. The first-order valence-corrected chi connectivity index (χ1v) is 7.16. The smallest absolute Gasteiger partial charge is 0.243 e. The Morgan fingerprint density at radius 3 is 2.84 bits per heavy atom. The summed E-state index contributed by atoms with van der Waals surface area (Å²) in [5.74, 6) is -0.0725. The summed E-state index contributed by atoms with van der Waals surface area (Å²) in [4.78, 5) is 19.5. The molecule has 0 fully saturated rings. The van der Waals surface area contributed by atoms with Gasteiger partial charge in [-0.25, -0.2) is 4.98 Å². The molecule has 102 valence electrons. The summed E-state index contributed by atoms with van der Waals surface area (Å²) in [6.07, 6.45) is 1.69. The number of halogens is 1. The lowest BCUT2D eigenvalue weighted by atomic mass is 10.2. The van der Waals surface area contributed by atoms with Crippen LogP contribution >= 0.6 is 28.1 Å². The van der Waals surface area contributed by atoms with Gasteiger partial charge in [-0.1, -0.05) is 0 Å². The fraction of sp³-hybridized carbons (Fsp3) is 0.417. The van der Waals surface area contributed by atoms with Crippen LogP contribution in [-0.2, 0) is 4.79 Å². The highest BCUT2D eigenvalue weighted by molar-refractivity contribution is 9.10. The van der Waals surface area contributed by atoms with E-state index >= 15 is 0 Å². The molecule has 0 spiro atoms. The van der Waals surface area contributed by atoms with Gasteiger partial charge < -0.3 is 10.3 Å². The number of hydrogen-bond donors (Lipinski definition) is 2. The van der Waals surface area contributed by atoms with Crippen molar-refractivity contribution in [1.82, 2.24) is 19.9 Å². The normalized spacial score (nSPS) is 12.9. The largest absolute Gasteiger partial charge is 0.352 e. The molecule has 2 heterocycles. The first kappa shape index (κ1) is 14.2. The van der Waals surface area contributed by atoms with E-state index in [4.69, 9.17) is 12.2 Å². The van der Waals surface area contributed by atoms with Gasteiger partial charge in [-0.2, -0.15) is 0 Å². The summed E-state index contributed by atoms with van der Waals surface area (Å²) in [7, 11) is 0. The van der Waals surface area contributed by atoms with Crippen molar-refractivity contribution in [2.45, 2.75) is 32.9 Å². The molecule has 2 aromatic rings. The van der Waals surface area contributed by atoms with E-state index in [9.17, 15) is 4.79 Å². The van der Waals surface area contributed by atoms with Crippen LogP contribution in [0, 0.1) is 4.77 Å². The Hall–Kier alpha value is -1.21. The number of aromatic amines is 1. The zero-order valence-corrected chi connectivity index (χ0v) is 13.3. The van der Waals surface area contributed by atoms with Crippen molar-refractivity contribution in [2.24, 2.45) is 0 Å². The quantitative estimate of drug-likeness (QED) is 0.843. The van der Waals surface area contributed by atoms with E-state index in [1.165, 1.54) is 0 Å². The van der Waals surface area contributed by atoms with Crippen LogP contribution in [0.25, 0.3) is 11.2 Å². The van der Waals surface area contributed by atoms with Crippen molar-refractivity contribution < 1.29 is 4.79 Å². The fourth-order valence-electron chi connectivity index (χ4n) is 1.87. The van der Waals surface area contributed by atoms with E-state index in [1.807, 2.05) is 26.8 Å². The van der Waals surface area contributed by atoms with Crippen LogP contribution in [0.1, 0.15) is 26.8 Å². The maximum absolute atomic E-state index is 12.1. The lowest BCUT2D eigenvalue weighted by molar-refractivity contribution is -0.124. The van der Waals surface area contributed by atoms with Crippen molar-refractivity contribution >= 4 is 45.2 Å². The first-order valence-electron chi connectivity index (χ1n) is 5.96. The van der Waals surface area contributed by atoms with Crippen LogP contribution in [0.5, 0.6) is 0 Å². The molecule has 0 aliphatic heterocycles. The fourth-order valence-corrected chi connectivity index (χ4v) is 2.56. The highest BCUT2D eigenvalue weighted by Crippen LogP contribution is 2.20. The second-order valence-electron chi connectivity index (χ2n) is 4.66. The van der Waals surface area contributed by atoms with Gasteiger partial charge in [-0.05, 0) is 55.0 Å². The van der Waals surface area contributed by atoms with Crippen molar-refractivity contribution in [2.75, 3.05) is 0 Å². The third kappa shape index (κ3) is 2.87. The number of fused-ring (bicyclic) bond motifs is 1. The number of H-pyrrole nitrogens is 1. The standard InChI is InChI=1S/C12H15BrN4OS/c1-6(2)15-11(18)7(3)17-10-9(16-12(17)19)4-8(13)5-14-10/h4-7H,1-3H3,(H,15,18)(H,16,19). The molecule has 0 radical (unpaired) electrons. The van der Waals surface area contributed by atoms with Gasteiger partial charge in [0.1, 0.15) is 6.04 Å². The molecular formula is C12H15BrN4OS. The number of hydrogen-bond acceptors (Lipinski definition) is 3. The molecule has 1 amide bonds. The Morgan fingerprint density at radius 1 is 1.53 bits per heavy atom. The average Bonchev–Trinajstić information content (AvgIpc) is 2.62. The predicted octanol–water partition coefficient (Wildman–Crippen LogP) is 2.94. The van der Waals surface area contributed by atoms with Crippen LogP contribution in [0.3, 0.4) is 0 Å². The summed E-state index contributed by atoms with van der Waals surface area (Å²) >= 11 is 8.64. The number of nitrogens with zero attached hydrogens (tertiary/aromatic N) is 2. The monoisotopic (exact) mass is 342 g/mol. The lowest BCUT2D eigenvalue weighted by Crippen LogP contribution is -2.35. The molecule has 19 heavy (non-hydrogen) atoms. The number of rotatable bonds is 3. The van der Waals surface area contributed by atoms with Gasteiger partial charge in [-0.15, -0.1) is 0 Å². The molecule has 0 saturated heterocycles. The molecule has 2 N–H and O–H groups in total. The summed E-state index contributed by atoms with van der Waals surface area (Å²) < 4.78 is 3.09. The third-order valence-corrected chi connectivity index (χ3v) is 3.45. The molecule has 0 bridgehead atoms. The van der Waals surface area contributed by atoms with Gasteiger partial charge in [0.25, 0.3) is 0 Å². The topological polar surface area (TPSA) is 62.7 Å². The average molecular weight is 343 g/mol. The molecule has 0 aliphatic rings. The number of pyridine rings is 1. The minimum atomic E-state index is -0.405. The van der Waals surface area contributed by atoms with Crippen LogP contribution in [-0.4, -0.2) is 26.5 Å². The van der Waals surface area contributed by atoms with Crippen LogP contribution in [0.15, 0.2) is 16.7 Å². The maximum atomic E-state index is 12.1. The lowest BCUT2D eigenvalue weighted by Gasteiger charge is -2.16. The van der Waals surface area contributed by atoms with Crippen LogP contribution < -0.4 is 5.32 Å². The molecule has 7 heteroatoms. The highest BCUT2D eigenvalue weighted by atomic mass is 79.9. The van der Waals surface area contributed by atoms with Gasteiger partial charge in [0.05, 0.1) is 5.52 Å². The van der Waals surface area contributed by atoms with Crippen LogP contribution in [0.2, 0.25) is 0 Å². The zero-order valence-electron chi connectivity index (χ0n) is 10.9. The number of imidazole rings is 1. The molecule has 1 unspecified atom stereocenters. The Labute approximate surface area is 124 Å². The van der Waals surface area contributed by atoms with Crippen molar-refractivity contribution in [3.63, 3.8) is 0 Å². The zero-order chi connectivity index (χ0) is 14.2. The molecule has 0 aromatic carbocycles. The van der Waals surface area contributed by atoms with E-state index in [1.54, 1.807) is 10.8 Å². The third-order valence-electron chi connectivity index (χ3n) is 2.72. The van der Waals surface area contributed by atoms with E-state index in [0.29, 0.717) is 10.4 Å². The second kappa shape index (κ2) is 5.42. The van der Waals surface area contributed by atoms with E-state index in [2.05, 4.69) is 31.2 Å². The Bertz CT molecular complexity index is 676. The van der Waals surface area contributed by atoms with Crippen LogP contribution in [0.4, 0.5) is 0 Å². The van der Waals surface area contributed by atoms with E-state index < -0.39 is 6.04 Å². The molecule has 0 aliphatic carbocycles. The number of carbonyl (C=O) groups excluding carboxylic acids is 1. The maximum Gasteiger partial charge on any atom is 0.243 e. The minimum Gasteiger partial charge on any atom is -0.352 e. The second-order valence-corrected chi connectivity index (χ2v) is 5.97. The Balaban J connectivity index is 2.47. The van der Waals surface area contributed by atoms with Gasteiger partial charge in [0, 0.05) is 16.7 Å². The molecule has 0 saturated carbocycles. The van der Waals surface area contributed by atoms with Gasteiger partial charge in [0.15, 0.2) is 10.4 Å². The van der Waals surface area contributed by atoms with Crippen molar-refractivity contribution in [3.05, 3.63) is 21.5 Å². The van der Waals surface area contributed by atoms with Gasteiger partial charge >= 0.3 is 0 Å². The number of amides is 1. The van der Waals surface area contributed by atoms with Crippen molar-refractivity contribution in [3.8, 4) is 0 Å². The van der Waals surface area contributed by atoms with Crippen molar-refractivity contribution in [1.29, 1.82) is 0 Å². The predicted molar refractivity (Wildman–Crippen MR) is 80.6 cm³/mol. The SMILES string of the molecule is CC(C)NC(=O)C(C)n1c(=S)[nH]c2cc(Br)cnc21. The summed E-state index contributed by atoms with van der Waals surface area (Å²) in [5.41, 5.74) is 1.49. The molecule has 2 aromatic heterocycles. The Morgan fingerprint density at radius 2 is 2.21 bits per heavy atom. The van der Waals surface area contributed by atoms with Gasteiger partial charge in [-0.3, -0.25) is 9.36 Å². The molecule has 1 atom stereocenters. The summed E-state index contributed by atoms with van der Waals surface area (Å²) in [6.45, 7) is 5.66. The van der Waals surface area contributed by atoms with E-state index in [-0.39, 0.29) is 11.9 Å². The first-order chi connectivity index (χ1) is 8.90. The highest BCUT2D eigenvalue weighted by Gasteiger charge is 2.19. The molecule has 2 rings (SSSR count). The summed E-state index contributed by atoms with van der Waals surface area (Å²) in [6, 6.07) is 1.58. The molecule has 5 nitrogen and oxygen atoms in total. The number of aromatic nitrogens is 3. The van der Waals surface area contributed by atoms with Gasteiger partial charge in [0.2, 0.25) is 5.91 Å². The Kier molecular flexibility index (Phi) is 4.05. The minimum absolute atomic E-state index is 0.0725. The number of carbonyl (C=O) groups is 1. The number of nitrogens with one attached hydrogen (secondary N) is 2.